The molecule has 2 aromatic carbocycles. The van der Waals surface area contributed by atoms with Gasteiger partial charge in [0.2, 0.25) is 16.6 Å². The molecule has 0 bridgehead atoms. The standard InChI is InChI=1S/C23H36O2Si2/c1-9-23(10-2,19-11-15-21(16-12-19)24-26(3,4)5)20-13-17-22(18-14-20)25-27(6,7)8/h11-18H,9-10H2,1-8H3. The molecule has 0 spiro atoms. The predicted octanol–water partition coefficient (Wildman–Crippen LogP) is 7.22. The van der Waals surface area contributed by atoms with Gasteiger partial charge in [0.05, 0.1) is 0 Å². The van der Waals surface area contributed by atoms with E-state index in [0.29, 0.717) is 0 Å². The first-order valence-corrected chi connectivity index (χ1v) is 16.9. The van der Waals surface area contributed by atoms with Gasteiger partial charge in [-0.3, -0.25) is 0 Å². The van der Waals surface area contributed by atoms with Crippen LogP contribution in [0.4, 0.5) is 0 Å². The largest absolute Gasteiger partial charge is 0.544 e. The third-order valence-electron chi connectivity index (χ3n) is 4.87. The van der Waals surface area contributed by atoms with Crippen molar-refractivity contribution in [3.05, 3.63) is 59.7 Å². The quantitative estimate of drug-likeness (QED) is 0.435. The topological polar surface area (TPSA) is 18.5 Å². The van der Waals surface area contributed by atoms with Crippen LogP contribution in [0.1, 0.15) is 37.8 Å². The van der Waals surface area contributed by atoms with E-state index in [1.54, 1.807) is 0 Å². The van der Waals surface area contributed by atoms with Crippen molar-refractivity contribution >= 4 is 16.6 Å². The van der Waals surface area contributed by atoms with Crippen molar-refractivity contribution in [2.75, 3.05) is 0 Å². The molecule has 2 rings (SSSR count). The van der Waals surface area contributed by atoms with E-state index in [1.165, 1.54) is 11.1 Å². The van der Waals surface area contributed by atoms with Crippen LogP contribution < -0.4 is 8.85 Å². The second kappa shape index (κ2) is 8.23. The van der Waals surface area contributed by atoms with Crippen molar-refractivity contribution in [3.63, 3.8) is 0 Å². The summed E-state index contributed by atoms with van der Waals surface area (Å²) in [5.74, 6) is 1.97. The Labute approximate surface area is 168 Å². The lowest BCUT2D eigenvalue weighted by atomic mass is 9.70. The summed E-state index contributed by atoms with van der Waals surface area (Å²) in [6.45, 7) is 17.9. The minimum atomic E-state index is -1.58. The Morgan fingerprint density at radius 1 is 0.593 bits per heavy atom. The van der Waals surface area contributed by atoms with Crippen LogP contribution in [0.25, 0.3) is 0 Å². The van der Waals surface area contributed by atoms with Crippen LogP contribution in [0.3, 0.4) is 0 Å². The third kappa shape index (κ3) is 5.72. The predicted molar refractivity (Wildman–Crippen MR) is 122 cm³/mol. The minimum Gasteiger partial charge on any atom is -0.544 e. The van der Waals surface area contributed by atoms with Gasteiger partial charge in [0.15, 0.2) is 0 Å². The average molecular weight is 401 g/mol. The lowest BCUT2D eigenvalue weighted by molar-refractivity contribution is 0.475. The Balaban J connectivity index is 2.34. The summed E-state index contributed by atoms with van der Waals surface area (Å²) in [5, 5.41) is 0. The van der Waals surface area contributed by atoms with Gasteiger partial charge in [-0.05, 0) is 87.5 Å². The highest BCUT2D eigenvalue weighted by Gasteiger charge is 2.31. The zero-order valence-electron chi connectivity index (χ0n) is 18.3. The molecular weight excluding hydrogens is 364 g/mol. The van der Waals surface area contributed by atoms with E-state index < -0.39 is 16.6 Å². The Bertz CT molecular complexity index is 657. The maximum absolute atomic E-state index is 6.13. The van der Waals surface area contributed by atoms with Crippen molar-refractivity contribution in [1.29, 1.82) is 0 Å². The van der Waals surface area contributed by atoms with E-state index in [4.69, 9.17) is 8.85 Å². The molecular formula is C23H36O2Si2. The van der Waals surface area contributed by atoms with Crippen LogP contribution in [0, 0.1) is 0 Å². The zero-order chi connectivity index (χ0) is 20.3. The maximum atomic E-state index is 6.13. The van der Waals surface area contributed by atoms with Crippen molar-refractivity contribution < 1.29 is 8.85 Å². The number of hydrogen-bond acceptors (Lipinski definition) is 2. The molecule has 0 amide bonds. The van der Waals surface area contributed by atoms with Gasteiger partial charge in [0, 0.05) is 5.41 Å². The summed E-state index contributed by atoms with van der Waals surface area (Å²) < 4.78 is 12.3. The zero-order valence-corrected chi connectivity index (χ0v) is 20.3. The van der Waals surface area contributed by atoms with E-state index in [2.05, 4.69) is 102 Å². The van der Waals surface area contributed by atoms with Crippen molar-refractivity contribution in [2.45, 2.75) is 71.4 Å². The highest BCUT2D eigenvalue weighted by atomic mass is 28.4. The molecule has 0 aliphatic rings. The van der Waals surface area contributed by atoms with Gasteiger partial charge in [-0.25, -0.2) is 0 Å². The molecule has 0 heterocycles. The molecule has 0 unspecified atom stereocenters. The Hall–Kier alpha value is -1.53. The van der Waals surface area contributed by atoms with Gasteiger partial charge in [0.1, 0.15) is 11.5 Å². The maximum Gasteiger partial charge on any atom is 0.242 e. The molecule has 148 valence electrons. The van der Waals surface area contributed by atoms with E-state index >= 15 is 0 Å². The summed E-state index contributed by atoms with van der Waals surface area (Å²) in [5.41, 5.74) is 2.73. The SMILES string of the molecule is CCC(CC)(c1ccc(O[Si](C)(C)C)cc1)c1ccc(O[Si](C)(C)C)cc1. The first-order valence-electron chi connectivity index (χ1n) is 10.1. The monoisotopic (exact) mass is 400 g/mol. The number of benzene rings is 2. The van der Waals surface area contributed by atoms with Crippen molar-refractivity contribution in [1.82, 2.24) is 0 Å². The average Bonchev–Trinajstić information content (AvgIpc) is 2.56. The molecule has 0 aliphatic heterocycles. The molecule has 2 aromatic rings. The fourth-order valence-corrected chi connectivity index (χ4v) is 5.31. The van der Waals surface area contributed by atoms with Crippen LogP contribution >= 0.6 is 0 Å². The van der Waals surface area contributed by atoms with Crippen LogP contribution in [-0.2, 0) is 5.41 Å². The van der Waals surface area contributed by atoms with Gasteiger partial charge in [0.25, 0.3) is 0 Å². The normalized spacial score (nSPS) is 12.7. The summed E-state index contributed by atoms with van der Waals surface area (Å²) in [4.78, 5) is 0. The van der Waals surface area contributed by atoms with Crippen molar-refractivity contribution in [3.8, 4) is 11.5 Å². The third-order valence-corrected chi connectivity index (χ3v) is 6.57. The van der Waals surface area contributed by atoms with E-state index in [-0.39, 0.29) is 5.41 Å². The molecule has 0 saturated heterocycles. The summed E-state index contributed by atoms with van der Waals surface area (Å²) >= 11 is 0. The first-order chi connectivity index (χ1) is 12.5. The minimum absolute atomic E-state index is 0.0232. The van der Waals surface area contributed by atoms with Gasteiger partial charge in [-0.2, -0.15) is 0 Å². The lowest BCUT2D eigenvalue weighted by Gasteiger charge is -2.34. The van der Waals surface area contributed by atoms with E-state index in [0.717, 1.165) is 24.3 Å². The molecule has 0 aromatic heterocycles. The lowest BCUT2D eigenvalue weighted by Crippen LogP contribution is -2.30. The number of rotatable bonds is 8. The van der Waals surface area contributed by atoms with Crippen molar-refractivity contribution in [2.24, 2.45) is 0 Å². The van der Waals surface area contributed by atoms with Gasteiger partial charge < -0.3 is 8.85 Å². The number of hydrogen-bond donors (Lipinski definition) is 0. The van der Waals surface area contributed by atoms with Gasteiger partial charge in [-0.1, -0.05) is 38.1 Å². The highest BCUT2D eigenvalue weighted by molar-refractivity contribution is 6.70. The van der Waals surface area contributed by atoms with Crippen LogP contribution in [0.15, 0.2) is 48.5 Å². The molecule has 0 saturated carbocycles. The van der Waals surface area contributed by atoms with E-state index in [1.807, 2.05) is 0 Å². The Morgan fingerprint density at radius 2 is 0.889 bits per heavy atom. The second-order valence-corrected chi connectivity index (χ2v) is 18.1. The fourth-order valence-electron chi connectivity index (χ4n) is 3.62. The van der Waals surface area contributed by atoms with Crippen LogP contribution in [0.2, 0.25) is 39.3 Å². The second-order valence-electron chi connectivity index (χ2n) is 9.27. The van der Waals surface area contributed by atoms with E-state index in [9.17, 15) is 0 Å². The van der Waals surface area contributed by atoms with Crippen LogP contribution in [0.5, 0.6) is 11.5 Å². The van der Waals surface area contributed by atoms with Gasteiger partial charge in [-0.15, -0.1) is 0 Å². The van der Waals surface area contributed by atoms with Gasteiger partial charge >= 0.3 is 0 Å². The molecule has 0 atom stereocenters. The molecule has 27 heavy (non-hydrogen) atoms. The Kier molecular flexibility index (Phi) is 6.64. The molecule has 0 aliphatic carbocycles. The summed E-state index contributed by atoms with van der Waals surface area (Å²) in [6.07, 6.45) is 2.12. The fraction of sp³-hybridized carbons (Fsp3) is 0.478. The Morgan fingerprint density at radius 3 is 1.11 bits per heavy atom. The molecule has 0 radical (unpaired) electrons. The summed E-state index contributed by atoms with van der Waals surface area (Å²) in [6, 6.07) is 17.5. The molecule has 4 heteroatoms. The highest BCUT2D eigenvalue weighted by Crippen LogP contribution is 2.40. The molecule has 0 fully saturated rings. The summed E-state index contributed by atoms with van der Waals surface area (Å²) in [7, 11) is -3.16. The smallest absolute Gasteiger partial charge is 0.242 e. The van der Waals surface area contributed by atoms with Crippen LogP contribution in [-0.4, -0.2) is 16.6 Å². The molecule has 2 nitrogen and oxygen atoms in total. The molecule has 0 N–H and O–H groups in total. The first kappa shape index (κ1) is 21.8.